The highest BCUT2D eigenvalue weighted by atomic mass is 16.6. The maximum atomic E-state index is 11.0. The number of nitrogens with zero attached hydrogens (tertiary/aromatic N) is 1. The number of fused-ring (bicyclic) bond motifs is 1. The van der Waals surface area contributed by atoms with Crippen LogP contribution in [0.1, 0.15) is 18.9 Å². The Morgan fingerprint density at radius 3 is 3.05 bits per heavy atom. The van der Waals surface area contributed by atoms with Crippen LogP contribution in [0.5, 0.6) is 11.5 Å². The van der Waals surface area contributed by atoms with Gasteiger partial charge in [-0.2, -0.15) is 5.26 Å². The largest absolute Gasteiger partial charge is 0.485 e. The monoisotopic (exact) mass is 273 g/mol. The first-order valence-corrected chi connectivity index (χ1v) is 6.17. The SMILES string of the molecule is COC(=O)/C=C/CC1(C)COc2cc(C#N)ccc2O1. The Hall–Kier alpha value is -2.48. The van der Waals surface area contributed by atoms with Crippen molar-refractivity contribution in [1.29, 1.82) is 5.26 Å². The number of esters is 1. The van der Waals surface area contributed by atoms with Gasteiger partial charge in [0.2, 0.25) is 0 Å². The molecule has 0 saturated heterocycles. The fraction of sp³-hybridized carbons (Fsp3) is 0.333. The van der Waals surface area contributed by atoms with E-state index in [4.69, 9.17) is 14.7 Å². The van der Waals surface area contributed by atoms with E-state index in [0.717, 1.165) is 0 Å². The Balaban J connectivity index is 2.08. The summed E-state index contributed by atoms with van der Waals surface area (Å²) in [6, 6.07) is 7.10. The summed E-state index contributed by atoms with van der Waals surface area (Å²) in [6.45, 7) is 2.25. The van der Waals surface area contributed by atoms with Gasteiger partial charge in [0.05, 0.1) is 18.7 Å². The highest BCUT2D eigenvalue weighted by Gasteiger charge is 2.32. The molecule has 1 aliphatic heterocycles. The molecule has 0 aromatic heterocycles. The Labute approximate surface area is 117 Å². The predicted molar refractivity (Wildman–Crippen MR) is 71.5 cm³/mol. The number of nitriles is 1. The van der Waals surface area contributed by atoms with E-state index in [-0.39, 0.29) is 0 Å². The molecule has 2 rings (SSSR count). The highest BCUT2D eigenvalue weighted by Crippen LogP contribution is 2.37. The van der Waals surface area contributed by atoms with E-state index in [1.165, 1.54) is 13.2 Å². The van der Waals surface area contributed by atoms with Crippen LogP contribution < -0.4 is 9.47 Å². The van der Waals surface area contributed by atoms with Gasteiger partial charge in [0, 0.05) is 18.6 Å². The standard InChI is InChI=1S/C15H15NO4/c1-15(7-3-4-14(17)18-2)10-19-13-8-11(9-16)5-6-12(13)20-15/h3-6,8H,7,10H2,1-2H3/b4-3+. The van der Waals surface area contributed by atoms with E-state index in [1.807, 2.05) is 6.92 Å². The lowest BCUT2D eigenvalue weighted by Crippen LogP contribution is -2.41. The Morgan fingerprint density at radius 2 is 2.35 bits per heavy atom. The number of hydrogen-bond acceptors (Lipinski definition) is 5. The summed E-state index contributed by atoms with van der Waals surface area (Å²) >= 11 is 0. The van der Waals surface area contributed by atoms with Crippen molar-refractivity contribution in [2.45, 2.75) is 18.9 Å². The van der Waals surface area contributed by atoms with Gasteiger partial charge in [0.25, 0.3) is 0 Å². The van der Waals surface area contributed by atoms with Gasteiger partial charge in [-0.15, -0.1) is 0 Å². The molecule has 0 saturated carbocycles. The second kappa shape index (κ2) is 5.66. The molecule has 0 spiro atoms. The fourth-order valence-electron chi connectivity index (χ4n) is 1.87. The fourth-order valence-corrected chi connectivity index (χ4v) is 1.87. The summed E-state index contributed by atoms with van der Waals surface area (Å²) in [5.74, 6) is 0.770. The van der Waals surface area contributed by atoms with Crippen LogP contribution in [0.3, 0.4) is 0 Å². The normalized spacial score (nSPS) is 20.4. The Kier molecular flexibility index (Phi) is 3.94. The van der Waals surface area contributed by atoms with Crippen molar-refractivity contribution in [3.05, 3.63) is 35.9 Å². The summed E-state index contributed by atoms with van der Waals surface area (Å²) in [5.41, 5.74) is -0.0207. The first kappa shape index (κ1) is 13.9. The van der Waals surface area contributed by atoms with Crippen LogP contribution in [-0.2, 0) is 9.53 Å². The minimum Gasteiger partial charge on any atom is -0.485 e. The average Bonchev–Trinajstić information content (AvgIpc) is 2.46. The van der Waals surface area contributed by atoms with Gasteiger partial charge < -0.3 is 14.2 Å². The number of methoxy groups -OCH3 is 1. The average molecular weight is 273 g/mol. The van der Waals surface area contributed by atoms with Crippen LogP contribution in [0.4, 0.5) is 0 Å². The molecule has 1 unspecified atom stereocenters. The van der Waals surface area contributed by atoms with Crippen LogP contribution in [-0.4, -0.2) is 25.3 Å². The first-order chi connectivity index (χ1) is 9.56. The van der Waals surface area contributed by atoms with Gasteiger partial charge in [0.15, 0.2) is 11.5 Å². The zero-order chi connectivity index (χ0) is 14.6. The molecule has 1 aliphatic rings. The molecule has 5 heteroatoms. The summed E-state index contributed by atoms with van der Waals surface area (Å²) in [7, 11) is 1.33. The van der Waals surface area contributed by atoms with Crippen LogP contribution >= 0.6 is 0 Å². The van der Waals surface area contributed by atoms with Crippen molar-refractivity contribution in [2.24, 2.45) is 0 Å². The molecular weight excluding hydrogens is 258 g/mol. The summed E-state index contributed by atoms with van der Waals surface area (Å²) < 4.78 is 16.1. The molecule has 0 N–H and O–H groups in total. The van der Waals surface area contributed by atoms with E-state index in [2.05, 4.69) is 10.8 Å². The molecule has 5 nitrogen and oxygen atoms in total. The number of hydrogen-bond donors (Lipinski definition) is 0. The van der Waals surface area contributed by atoms with Gasteiger partial charge in [0.1, 0.15) is 12.2 Å². The lowest BCUT2D eigenvalue weighted by molar-refractivity contribution is -0.134. The highest BCUT2D eigenvalue weighted by molar-refractivity contribution is 5.81. The molecule has 1 aromatic rings. The maximum Gasteiger partial charge on any atom is 0.330 e. The van der Waals surface area contributed by atoms with Crippen LogP contribution in [0.15, 0.2) is 30.4 Å². The topological polar surface area (TPSA) is 68.5 Å². The van der Waals surface area contributed by atoms with Crippen molar-refractivity contribution >= 4 is 5.97 Å². The van der Waals surface area contributed by atoms with Crippen molar-refractivity contribution < 1.29 is 19.0 Å². The smallest absolute Gasteiger partial charge is 0.330 e. The van der Waals surface area contributed by atoms with E-state index in [1.54, 1.807) is 24.3 Å². The summed E-state index contributed by atoms with van der Waals surface area (Å²) in [5, 5.41) is 8.83. The molecule has 20 heavy (non-hydrogen) atoms. The van der Waals surface area contributed by atoms with E-state index >= 15 is 0 Å². The van der Waals surface area contributed by atoms with Crippen molar-refractivity contribution in [1.82, 2.24) is 0 Å². The van der Waals surface area contributed by atoms with Gasteiger partial charge in [-0.05, 0) is 19.1 Å². The third-order valence-electron chi connectivity index (χ3n) is 2.97. The van der Waals surface area contributed by atoms with Gasteiger partial charge >= 0.3 is 5.97 Å². The number of rotatable bonds is 3. The van der Waals surface area contributed by atoms with Crippen LogP contribution in [0, 0.1) is 11.3 Å². The van der Waals surface area contributed by atoms with Crippen LogP contribution in [0.25, 0.3) is 0 Å². The molecule has 0 radical (unpaired) electrons. The number of carbonyl (C=O) groups is 1. The number of ether oxygens (including phenoxy) is 3. The van der Waals surface area contributed by atoms with Crippen molar-refractivity contribution in [2.75, 3.05) is 13.7 Å². The Morgan fingerprint density at radius 1 is 1.55 bits per heavy atom. The van der Waals surface area contributed by atoms with Crippen LogP contribution in [0.2, 0.25) is 0 Å². The van der Waals surface area contributed by atoms with E-state index in [9.17, 15) is 4.79 Å². The zero-order valence-corrected chi connectivity index (χ0v) is 11.4. The predicted octanol–water partition coefficient (Wildman–Crippen LogP) is 2.21. The van der Waals surface area contributed by atoms with Gasteiger partial charge in [-0.25, -0.2) is 4.79 Å². The zero-order valence-electron chi connectivity index (χ0n) is 11.4. The quantitative estimate of drug-likeness (QED) is 0.624. The number of carbonyl (C=O) groups excluding carboxylic acids is 1. The maximum absolute atomic E-state index is 11.0. The molecule has 0 aliphatic carbocycles. The Bertz CT molecular complexity index is 588. The van der Waals surface area contributed by atoms with Gasteiger partial charge in [-0.1, -0.05) is 6.08 Å². The van der Waals surface area contributed by atoms with Gasteiger partial charge in [-0.3, -0.25) is 0 Å². The second-order valence-electron chi connectivity index (χ2n) is 4.74. The molecule has 1 heterocycles. The van der Waals surface area contributed by atoms with Crippen molar-refractivity contribution in [3.63, 3.8) is 0 Å². The molecule has 104 valence electrons. The lowest BCUT2D eigenvalue weighted by Gasteiger charge is -2.34. The second-order valence-corrected chi connectivity index (χ2v) is 4.74. The number of benzene rings is 1. The first-order valence-electron chi connectivity index (χ1n) is 6.17. The molecule has 1 atom stereocenters. The van der Waals surface area contributed by atoms with E-state index in [0.29, 0.717) is 30.1 Å². The minimum atomic E-state index is -0.550. The molecule has 0 amide bonds. The van der Waals surface area contributed by atoms with Crippen molar-refractivity contribution in [3.8, 4) is 17.6 Å². The third-order valence-corrected chi connectivity index (χ3v) is 2.97. The molecular formula is C15H15NO4. The minimum absolute atomic E-state index is 0.348. The van der Waals surface area contributed by atoms with E-state index < -0.39 is 11.6 Å². The third kappa shape index (κ3) is 3.09. The lowest BCUT2D eigenvalue weighted by atomic mass is 10.0. The molecule has 0 bridgehead atoms. The molecule has 0 fully saturated rings. The summed E-state index contributed by atoms with van der Waals surface area (Å²) in [6.07, 6.45) is 3.58. The summed E-state index contributed by atoms with van der Waals surface area (Å²) in [4.78, 5) is 11.0. The molecule has 1 aromatic carbocycles.